The number of aliphatic imine (C=N–C) groups is 1. The summed E-state index contributed by atoms with van der Waals surface area (Å²) in [7, 11) is 0. The van der Waals surface area contributed by atoms with Crippen molar-refractivity contribution in [3.8, 4) is 0 Å². The molecule has 1 atom stereocenters. The Morgan fingerprint density at radius 2 is 1.96 bits per heavy atom. The molecular weight excluding hydrogens is 328 g/mol. The number of carbonyl (C=O) groups excluding carboxylic acids is 1. The second-order valence-corrected chi connectivity index (χ2v) is 8.02. The standard InChI is InChI=1S/C20H26N4O2/c1-12-8-17(23-13(2)22-12)24-6-4-14(5-7-24)19-18-15(11-21-19)9-16(25)10-20(18,3)26/h8,14,26H,4-7,9-11H2,1-3H3. The van der Waals surface area contributed by atoms with Gasteiger partial charge in [-0.25, -0.2) is 9.97 Å². The first-order valence-electron chi connectivity index (χ1n) is 9.42. The normalized spacial score (nSPS) is 27.0. The molecule has 0 saturated carbocycles. The number of ketones is 1. The molecule has 0 spiro atoms. The van der Waals surface area contributed by atoms with Crippen molar-refractivity contribution >= 4 is 17.3 Å². The Labute approximate surface area is 154 Å². The molecule has 1 unspecified atom stereocenters. The van der Waals surface area contributed by atoms with Crippen LogP contribution in [0.5, 0.6) is 0 Å². The van der Waals surface area contributed by atoms with Crippen molar-refractivity contribution in [2.24, 2.45) is 10.9 Å². The van der Waals surface area contributed by atoms with Crippen molar-refractivity contribution in [2.45, 2.75) is 52.1 Å². The molecule has 6 nitrogen and oxygen atoms in total. The number of carbonyl (C=O) groups is 1. The van der Waals surface area contributed by atoms with E-state index in [0.29, 0.717) is 18.9 Å². The van der Waals surface area contributed by atoms with Gasteiger partial charge in [-0.15, -0.1) is 0 Å². The molecule has 3 heterocycles. The third-order valence-electron chi connectivity index (χ3n) is 5.70. The molecule has 1 N–H and O–H groups in total. The minimum Gasteiger partial charge on any atom is -0.385 e. The number of rotatable bonds is 2. The van der Waals surface area contributed by atoms with Crippen molar-refractivity contribution in [3.05, 3.63) is 28.7 Å². The van der Waals surface area contributed by atoms with Crippen LogP contribution < -0.4 is 4.90 Å². The first-order chi connectivity index (χ1) is 12.3. The van der Waals surface area contributed by atoms with Gasteiger partial charge >= 0.3 is 0 Å². The summed E-state index contributed by atoms with van der Waals surface area (Å²) in [6.07, 6.45) is 2.64. The summed E-state index contributed by atoms with van der Waals surface area (Å²) < 4.78 is 0. The van der Waals surface area contributed by atoms with E-state index in [2.05, 4.69) is 14.9 Å². The Hall–Kier alpha value is -2.08. The van der Waals surface area contributed by atoms with Gasteiger partial charge in [-0.3, -0.25) is 9.79 Å². The van der Waals surface area contributed by atoms with Gasteiger partial charge in [-0.05, 0) is 39.2 Å². The smallest absolute Gasteiger partial charge is 0.140 e. The number of anilines is 1. The van der Waals surface area contributed by atoms with E-state index in [4.69, 9.17) is 4.99 Å². The van der Waals surface area contributed by atoms with Gasteiger partial charge in [-0.1, -0.05) is 0 Å². The molecule has 1 saturated heterocycles. The highest BCUT2D eigenvalue weighted by atomic mass is 16.3. The van der Waals surface area contributed by atoms with Crippen LogP contribution in [0, 0.1) is 19.8 Å². The number of aliphatic hydroxyl groups is 1. The van der Waals surface area contributed by atoms with Gasteiger partial charge in [0.1, 0.15) is 17.4 Å². The van der Waals surface area contributed by atoms with E-state index in [1.807, 2.05) is 19.9 Å². The molecule has 6 heteroatoms. The van der Waals surface area contributed by atoms with E-state index in [1.165, 1.54) is 0 Å². The second-order valence-electron chi connectivity index (χ2n) is 8.02. The number of aryl methyl sites for hydroxylation is 2. The predicted octanol–water partition coefficient (Wildman–Crippen LogP) is 2.17. The number of piperidine rings is 1. The fourth-order valence-corrected chi connectivity index (χ4v) is 4.67. The molecule has 1 aliphatic carbocycles. The molecule has 26 heavy (non-hydrogen) atoms. The number of aromatic nitrogens is 2. The molecule has 1 aromatic heterocycles. The van der Waals surface area contributed by atoms with E-state index in [-0.39, 0.29) is 12.2 Å². The molecule has 3 aliphatic rings. The highest BCUT2D eigenvalue weighted by Gasteiger charge is 2.43. The second kappa shape index (κ2) is 6.27. The van der Waals surface area contributed by atoms with E-state index in [9.17, 15) is 9.90 Å². The van der Waals surface area contributed by atoms with Crippen LogP contribution in [0.3, 0.4) is 0 Å². The molecule has 138 valence electrons. The lowest BCUT2D eigenvalue weighted by Crippen LogP contribution is -2.42. The van der Waals surface area contributed by atoms with E-state index in [1.54, 1.807) is 6.92 Å². The van der Waals surface area contributed by atoms with Crippen molar-refractivity contribution in [1.29, 1.82) is 0 Å². The SMILES string of the molecule is Cc1cc(N2CCC(C3=NCC4=C3C(C)(O)CC(=O)C4)CC2)nc(C)n1. The lowest BCUT2D eigenvalue weighted by molar-refractivity contribution is -0.122. The lowest BCUT2D eigenvalue weighted by Gasteiger charge is -2.37. The van der Waals surface area contributed by atoms with Gasteiger partial charge in [0, 0.05) is 54.9 Å². The van der Waals surface area contributed by atoms with Crippen LogP contribution in [0.25, 0.3) is 0 Å². The minimum absolute atomic E-state index is 0.120. The Balaban J connectivity index is 1.49. The van der Waals surface area contributed by atoms with Crippen molar-refractivity contribution in [3.63, 3.8) is 0 Å². The van der Waals surface area contributed by atoms with E-state index >= 15 is 0 Å². The van der Waals surface area contributed by atoms with Crippen LogP contribution in [0.2, 0.25) is 0 Å². The average molecular weight is 354 g/mol. The number of hydrogen-bond acceptors (Lipinski definition) is 6. The zero-order valence-electron chi connectivity index (χ0n) is 15.7. The molecule has 1 aromatic rings. The average Bonchev–Trinajstić information content (AvgIpc) is 2.98. The monoisotopic (exact) mass is 354 g/mol. The first-order valence-corrected chi connectivity index (χ1v) is 9.42. The molecule has 1 fully saturated rings. The Morgan fingerprint density at radius 3 is 2.65 bits per heavy atom. The van der Waals surface area contributed by atoms with E-state index < -0.39 is 5.60 Å². The third-order valence-corrected chi connectivity index (χ3v) is 5.70. The first kappa shape index (κ1) is 17.3. The quantitative estimate of drug-likeness (QED) is 0.881. The number of nitrogens with zero attached hydrogens (tertiary/aromatic N) is 4. The zero-order valence-corrected chi connectivity index (χ0v) is 15.7. The fourth-order valence-electron chi connectivity index (χ4n) is 4.67. The summed E-state index contributed by atoms with van der Waals surface area (Å²) in [5, 5.41) is 10.8. The van der Waals surface area contributed by atoms with Crippen LogP contribution in [0.15, 0.2) is 22.2 Å². The Kier molecular flexibility index (Phi) is 4.18. The van der Waals surface area contributed by atoms with E-state index in [0.717, 1.165) is 60.1 Å². The van der Waals surface area contributed by atoms with Gasteiger partial charge in [0.15, 0.2) is 0 Å². The van der Waals surface area contributed by atoms with Crippen LogP contribution in [0.1, 0.15) is 44.1 Å². The number of hydrogen-bond donors (Lipinski definition) is 1. The van der Waals surface area contributed by atoms with Crippen LogP contribution in [0.4, 0.5) is 5.82 Å². The van der Waals surface area contributed by atoms with Crippen molar-refractivity contribution in [2.75, 3.05) is 24.5 Å². The summed E-state index contributed by atoms with van der Waals surface area (Å²) in [4.78, 5) is 27.9. The zero-order chi connectivity index (χ0) is 18.5. The lowest BCUT2D eigenvalue weighted by atomic mass is 9.74. The van der Waals surface area contributed by atoms with Crippen molar-refractivity contribution in [1.82, 2.24) is 9.97 Å². The largest absolute Gasteiger partial charge is 0.385 e. The highest BCUT2D eigenvalue weighted by Crippen LogP contribution is 2.40. The molecule has 0 aromatic carbocycles. The Morgan fingerprint density at radius 1 is 1.23 bits per heavy atom. The van der Waals surface area contributed by atoms with Crippen LogP contribution >= 0.6 is 0 Å². The van der Waals surface area contributed by atoms with Crippen LogP contribution in [-0.4, -0.2) is 51.8 Å². The molecule has 4 rings (SSSR count). The molecular formula is C20H26N4O2. The highest BCUT2D eigenvalue weighted by molar-refractivity contribution is 6.08. The maximum absolute atomic E-state index is 11.9. The summed E-state index contributed by atoms with van der Waals surface area (Å²) in [5.41, 5.74) is 2.98. The maximum Gasteiger partial charge on any atom is 0.140 e. The van der Waals surface area contributed by atoms with Gasteiger partial charge in [0.05, 0.1) is 12.1 Å². The van der Waals surface area contributed by atoms with Crippen LogP contribution in [-0.2, 0) is 4.79 Å². The summed E-state index contributed by atoms with van der Waals surface area (Å²) in [5.74, 6) is 2.27. The summed E-state index contributed by atoms with van der Waals surface area (Å²) >= 11 is 0. The molecule has 0 bridgehead atoms. The van der Waals surface area contributed by atoms with Crippen molar-refractivity contribution < 1.29 is 9.90 Å². The molecule has 0 radical (unpaired) electrons. The van der Waals surface area contributed by atoms with Gasteiger partial charge < -0.3 is 10.0 Å². The Bertz CT molecular complexity index is 797. The summed E-state index contributed by atoms with van der Waals surface area (Å²) in [6.45, 7) is 8.11. The van der Waals surface area contributed by atoms with Gasteiger partial charge in [0.25, 0.3) is 0 Å². The minimum atomic E-state index is -1.06. The topological polar surface area (TPSA) is 78.7 Å². The molecule has 0 amide bonds. The summed E-state index contributed by atoms with van der Waals surface area (Å²) in [6, 6.07) is 2.04. The maximum atomic E-state index is 11.9. The predicted molar refractivity (Wildman–Crippen MR) is 101 cm³/mol. The molecule has 2 aliphatic heterocycles. The third kappa shape index (κ3) is 3.07. The van der Waals surface area contributed by atoms with Gasteiger partial charge in [0.2, 0.25) is 0 Å². The number of Topliss-reactive ketones (excluding diaryl/α,β-unsaturated/α-hetero) is 1. The van der Waals surface area contributed by atoms with Gasteiger partial charge in [-0.2, -0.15) is 0 Å². The fraction of sp³-hybridized carbons (Fsp3) is 0.600.